The largest absolute Gasteiger partial charge is 0.496 e. The van der Waals surface area contributed by atoms with Crippen LogP contribution in [0.2, 0.25) is 5.15 Å². The van der Waals surface area contributed by atoms with Crippen molar-refractivity contribution in [2.45, 2.75) is 13.5 Å². The molecule has 9 heteroatoms. The summed E-state index contributed by atoms with van der Waals surface area (Å²) < 4.78 is 11.6. The van der Waals surface area contributed by atoms with Crippen LogP contribution in [0.25, 0.3) is 0 Å². The van der Waals surface area contributed by atoms with Crippen LogP contribution in [0.5, 0.6) is 5.75 Å². The molecule has 0 spiro atoms. The molecule has 2 amide bonds. The van der Waals surface area contributed by atoms with Crippen molar-refractivity contribution in [3.05, 3.63) is 82.1 Å². The Balaban J connectivity index is 1.61. The average Bonchev–Trinajstić information content (AvgIpc) is 3.05. The van der Waals surface area contributed by atoms with Gasteiger partial charge in [-0.05, 0) is 24.6 Å². The Morgan fingerprint density at radius 2 is 1.74 bits per heavy atom. The van der Waals surface area contributed by atoms with Crippen molar-refractivity contribution in [1.82, 2.24) is 15.1 Å². The zero-order valence-corrected chi connectivity index (χ0v) is 17.7. The molecular formula is C22H20ClN3O5. The van der Waals surface area contributed by atoms with Gasteiger partial charge in [0.2, 0.25) is 0 Å². The number of aryl methyl sites for hydroxylation is 1. The zero-order chi connectivity index (χ0) is 22.4. The van der Waals surface area contributed by atoms with Crippen molar-refractivity contribution in [3.63, 3.8) is 0 Å². The fourth-order valence-corrected chi connectivity index (χ4v) is 3.22. The number of nitrogens with one attached hydrogen (secondary N) is 1. The van der Waals surface area contributed by atoms with Gasteiger partial charge in [-0.3, -0.25) is 14.9 Å². The van der Waals surface area contributed by atoms with Crippen molar-refractivity contribution in [3.8, 4) is 5.75 Å². The Hall–Kier alpha value is -3.65. The summed E-state index contributed by atoms with van der Waals surface area (Å²) in [4.78, 5) is 36.8. The highest BCUT2D eigenvalue weighted by Crippen LogP contribution is 2.22. The van der Waals surface area contributed by atoms with Gasteiger partial charge in [-0.25, -0.2) is 9.48 Å². The van der Waals surface area contributed by atoms with Crippen LogP contribution in [0.3, 0.4) is 0 Å². The molecule has 0 saturated carbocycles. The topological polar surface area (TPSA) is 99.5 Å². The molecule has 0 aliphatic heterocycles. The van der Waals surface area contributed by atoms with E-state index in [9.17, 15) is 14.4 Å². The summed E-state index contributed by atoms with van der Waals surface area (Å²) in [6, 6.07) is 15.9. The van der Waals surface area contributed by atoms with E-state index in [0.717, 1.165) is 5.56 Å². The first kappa shape index (κ1) is 22.0. The second kappa shape index (κ2) is 9.90. The molecule has 1 heterocycles. The second-order valence-electron chi connectivity index (χ2n) is 6.55. The molecule has 3 aromatic rings. The van der Waals surface area contributed by atoms with Crippen molar-refractivity contribution in [2.75, 3.05) is 13.7 Å². The van der Waals surface area contributed by atoms with Gasteiger partial charge < -0.3 is 9.47 Å². The van der Waals surface area contributed by atoms with Crippen LogP contribution in [0.15, 0.2) is 54.6 Å². The van der Waals surface area contributed by atoms with Gasteiger partial charge >= 0.3 is 5.97 Å². The van der Waals surface area contributed by atoms with Crippen molar-refractivity contribution < 1.29 is 23.9 Å². The van der Waals surface area contributed by atoms with Gasteiger partial charge in [0.15, 0.2) is 6.61 Å². The zero-order valence-electron chi connectivity index (χ0n) is 16.9. The Morgan fingerprint density at radius 1 is 1.06 bits per heavy atom. The summed E-state index contributed by atoms with van der Waals surface area (Å²) in [5, 5.41) is 6.54. The number of hydrogen-bond donors (Lipinski definition) is 1. The number of hydrogen-bond acceptors (Lipinski definition) is 6. The molecule has 1 N–H and O–H groups in total. The van der Waals surface area contributed by atoms with Crippen LogP contribution >= 0.6 is 11.6 Å². The van der Waals surface area contributed by atoms with E-state index < -0.39 is 24.4 Å². The number of imide groups is 1. The highest BCUT2D eigenvalue weighted by molar-refractivity contribution is 6.32. The summed E-state index contributed by atoms with van der Waals surface area (Å²) in [7, 11) is 1.42. The van der Waals surface area contributed by atoms with Gasteiger partial charge in [-0.2, -0.15) is 5.10 Å². The van der Waals surface area contributed by atoms with Crippen LogP contribution in [-0.2, 0) is 16.1 Å². The van der Waals surface area contributed by atoms with E-state index in [0.29, 0.717) is 18.0 Å². The maximum Gasteiger partial charge on any atom is 0.343 e. The van der Waals surface area contributed by atoms with Crippen LogP contribution < -0.4 is 10.1 Å². The number of carbonyl (C=O) groups is 3. The number of halogens is 1. The number of nitrogens with zero attached hydrogens (tertiary/aromatic N) is 2. The summed E-state index contributed by atoms with van der Waals surface area (Å²) in [5.41, 5.74) is 1.59. The van der Waals surface area contributed by atoms with Gasteiger partial charge in [-0.1, -0.05) is 54.1 Å². The standard InChI is InChI=1S/C22H20ClN3O5/c1-14-19(20(23)26(25-14)12-15-8-4-3-5-9-15)22(29)31-13-18(27)24-21(28)16-10-6-7-11-17(16)30-2/h3-11H,12-13H2,1-2H3,(H,24,27,28). The first-order valence-corrected chi connectivity index (χ1v) is 9.69. The van der Waals surface area contributed by atoms with E-state index in [1.807, 2.05) is 30.3 Å². The number of methoxy groups -OCH3 is 1. The van der Waals surface area contributed by atoms with Crippen LogP contribution in [0.1, 0.15) is 32.0 Å². The molecule has 3 rings (SSSR count). The minimum absolute atomic E-state index is 0.0708. The monoisotopic (exact) mass is 441 g/mol. The Kier molecular flexibility index (Phi) is 7.04. The maximum absolute atomic E-state index is 12.5. The lowest BCUT2D eigenvalue weighted by atomic mass is 10.2. The van der Waals surface area contributed by atoms with E-state index in [1.54, 1.807) is 25.1 Å². The molecule has 2 aromatic carbocycles. The van der Waals surface area contributed by atoms with Crippen LogP contribution in [0.4, 0.5) is 0 Å². The molecule has 0 aliphatic rings. The van der Waals surface area contributed by atoms with Gasteiger partial charge in [-0.15, -0.1) is 0 Å². The Labute approximate surface area is 183 Å². The Morgan fingerprint density at radius 3 is 2.45 bits per heavy atom. The number of amides is 2. The highest BCUT2D eigenvalue weighted by atomic mass is 35.5. The predicted octanol–water partition coefficient (Wildman–Crippen LogP) is 3.02. The summed E-state index contributed by atoms with van der Waals surface area (Å²) in [5.74, 6) is -1.93. The minimum atomic E-state index is -0.804. The molecule has 0 radical (unpaired) electrons. The lowest BCUT2D eigenvalue weighted by Gasteiger charge is -2.09. The number of rotatable bonds is 7. The molecule has 1 aromatic heterocycles. The first-order valence-electron chi connectivity index (χ1n) is 9.32. The summed E-state index contributed by atoms with van der Waals surface area (Å²) in [6.45, 7) is 1.34. The number of esters is 1. The quantitative estimate of drug-likeness (QED) is 0.566. The lowest BCUT2D eigenvalue weighted by Crippen LogP contribution is -2.34. The third-order valence-electron chi connectivity index (χ3n) is 4.38. The summed E-state index contributed by atoms with van der Waals surface area (Å²) in [6.07, 6.45) is 0. The van der Waals surface area contributed by atoms with Gasteiger partial charge in [0.25, 0.3) is 11.8 Å². The van der Waals surface area contributed by atoms with Gasteiger partial charge in [0.05, 0.1) is 24.9 Å². The van der Waals surface area contributed by atoms with Crippen molar-refractivity contribution >= 4 is 29.4 Å². The average molecular weight is 442 g/mol. The molecule has 160 valence electrons. The normalized spacial score (nSPS) is 10.4. The highest BCUT2D eigenvalue weighted by Gasteiger charge is 2.23. The van der Waals surface area contributed by atoms with E-state index in [4.69, 9.17) is 21.1 Å². The van der Waals surface area contributed by atoms with Crippen LogP contribution in [-0.4, -0.2) is 41.3 Å². The third kappa shape index (κ3) is 5.29. The van der Waals surface area contributed by atoms with Crippen LogP contribution in [0, 0.1) is 6.92 Å². The lowest BCUT2D eigenvalue weighted by molar-refractivity contribution is -0.123. The molecule has 0 unspecified atom stereocenters. The SMILES string of the molecule is COc1ccccc1C(=O)NC(=O)COC(=O)c1c(C)nn(Cc2ccccc2)c1Cl. The van der Waals surface area contributed by atoms with E-state index in [2.05, 4.69) is 10.4 Å². The number of ether oxygens (including phenoxy) is 2. The number of para-hydroxylation sites is 1. The van der Waals surface area contributed by atoms with Crippen molar-refractivity contribution in [1.29, 1.82) is 0 Å². The van der Waals surface area contributed by atoms with E-state index in [-0.39, 0.29) is 16.3 Å². The number of carbonyl (C=O) groups excluding carboxylic acids is 3. The Bertz CT molecular complexity index is 1110. The third-order valence-corrected chi connectivity index (χ3v) is 4.77. The fraction of sp³-hybridized carbons (Fsp3) is 0.182. The molecule has 8 nitrogen and oxygen atoms in total. The molecule has 0 fully saturated rings. The minimum Gasteiger partial charge on any atom is -0.496 e. The predicted molar refractivity (Wildman–Crippen MR) is 113 cm³/mol. The van der Waals surface area contributed by atoms with Crippen molar-refractivity contribution in [2.24, 2.45) is 0 Å². The molecule has 0 aliphatic carbocycles. The van der Waals surface area contributed by atoms with E-state index >= 15 is 0 Å². The smallest absolute Gasteiger partial charge is 0.343 e. The fourth-order valence-electron chi connectivity index (χ4n) is 2.91. The molecule has 0 atom stereocenters. The first-order chi connectivity index (χ1) is 14.9. The number of benzene rings is 2. The van der Waals surface area contributed by atoms with Gasteiger partial charge in [0.1, 0.15) is 16.5 Å². The second-order valence-corrected chi connectivity index (χ2v) is 6.91. The maximum atomic E-state index is 12.5. The number of aromatic nitrogens is 2. The van der Waals surface area contributed by atoms with Gasteiger partial charge in [0, 0.05) is 0 Å². The molecule has 0 bridgehead atoms. The van der Waals surface area contributed by atoms with E-state index in [1.165, 1.54) is 17.9 Å². The molecular weight excluding hydrogens is 422 g/mol. The summed E-state index contributed by atoms with van der Waals surface area (Å²) >= 11 is 6.32. The molecule has 31 heavy (non-hydrogen) atoms. The molecule has 0 saturated heterocycles.